The van der Waals surface area contributed by atoms with Gasteiger partial charge in [-0.15, -0.1) is 0 Å². The molecule has 0 aromatic rings. The van der Waals surface area contributed by atoms with Crippen LogP contribution in [0.4, 0.5) is 0 Å². The normalized spacial score (nSPS) is 11.8. The van der Waals surface area contributed by atoms with E-state index in [0.717, 1.165) is 57.8 Å². The van der Waals surface area contributed by atoms with E-state index >= 15 is 0 Å². The Labute approximate surface area is 342 Å². The second-order valence-electron chi connectivity index (χ2n) is 16.7. The summed E-state index contributed by atoms with van der Waals surface area (Å²) in [6.45, 7) is 6.64. The van der Waals surface area contributed by atoms with Crippen molar-refractivity contribution in [2.75, 3.05) is 13.2 Å². The predicted molar refractivity (Wildman–Crippen MR) is 233 cm³/mol. The summed E-state index contributed by atoms with van der Waals surface area (Å²) in [5.41, 5.74) is 0. The third kappa shape index (κ3) is 43.4. The van der Waals surface area contributed by atoms with Crippen LogP contribution in [0.2, 0.25) is 0 Å². The number of rotatable bonds is 45. The molecule has 0 amide bonds. The van der Waals surface area contributed by atoms with Gasteiger partial charge in [-0.05, 0) is 19.3 Å². The molecule has 0 fully saturated rings. The molecular weight excluding hydrogens is 685 g/mol. The smallest absolute Gasteiger partial charge is 0.306 e. The number of hydrogen-bond donors (Lipinski definition) is 0. The van der Waals surface area contributed by atoms with Gasteiger partial charge in [0.2, 0.25) is 0 Å². The van der Waals surface area contributed by atoms with Crippen molar-refractivity contribution in [3.63, 3.8) is 0 Å². The van der Waals surface area contributed by atoms with E-state index in [9.17, 15) is 14.4 Å². The molecule has 0 aromatic heterocycles. The maximum atomic E-state index is 12.7. The number of unbranched alkanes of at least 4 members (excludes halogenated alkanes) is 34. The molecule has 6 heteroatoms. The van der Waals surface area contributed by atoms with Gasteiger partial charge in [0.15, 0.2) is 6.10 Å². The first kappa shape index (κ1) is 53.4. The highest BCUT2D eigenvalue weighted by atomic mass is 16.6. The number of esters is 3. The SMILES string of the molecule is CCCCCCCCCCCCCCCCCCC(=O)OCC(COC(=O)CCCCCCCCCC)OC(=O)CCCCCCCCCCCCCCC. The molecule has 1 atom stereocenters. The predicted octanol–water partition coefficient (Wildman–Crippen LogP) is 15.6. The van der Waals surface area contributed by atoms with E-state index in [1.165, 1.54) is 180 Å². The van der Waals surface area contributed by atoms with Crippen LogP contribution in [0.5, 0.6) is 0 Å². The van der Waals surface area contributed by atoms with Gasteiger partial charge < -0.3 is 14.2 Å². The standard InChI is InChI=1S/C49H94O6/c1-4-7-10-13-16-19-21-23-24-25-27-28-30-33-36-39-42-48(51)54-45-46(44-53-47(50)41-38-35-32-18-15-12-9-6-3)55-49(52)43-40-37-34-31-29-26-22-20-17-14-11-8-5-2/h46H,4-45H2,1-3H3. The van der Waals surface area contributed by atoms with Gasteiger partial charge in [0.25, 0.3) is 0 Å². The first-order valence-corrected chi connectivity index (χ1v) is 24.5. The topological polar surface area (TPSA) is 78.9 Å². The number of carbonyl (C=O) groups is 3. The van der Waals surface area contributed by atoms with E-state index in [-0.39, 0.29) is 31.1 Å². The molecule has 6 nitrogen and oxygen atoms in total. The Morgan fingerprint density at radius 2 is 0.491 bits per heavy atom. The summed E-state index contributed by atoms with van der Waals surface area (Å²) < 4.78 is 16.7. The molecule has 0 aliphatic heterocycles. The molecule has 55 heavy (non-hydrogen) atoms. The third-order valence-corrected chi connectivity index (χ3v) is 11.1. The summed E-state index contributed by atoms with van der Waals surface area (Å²) in [7, 11) is 0. The summed E-state index contributed by atoms with van der Waals surface area (Å²) in [4.78, 5) is 37.7. The summed E-state index contributed by atoms with van der Waals surface area (Å²) >= 11 is 0. The molecule has 326 valence electrons. The van der Waals surface area contributed by atoms with Gasteiger partial charge in [-0.25, -0.2) is 0 Å². The molecule has 0 bridgehead atoms. The van der Waals surface area contributed by atoms with E-state index < -0.39 is 6.10 Å². The zero-order valence-electron chi connectivity index (χ0n) is 37.2. The summed E-state index contributed by atoms with van der Waals surface area (Å²) in [5.74, 6) is -0.850. The molecule has 0 spiro atoms. The molecule has 1 unspecified atom stereocenters. The van der Waals surface area contributed by atoms with Crippen molar-refractivity contribution in [2.24, 2.45) is 0 Å². The average molecular weight is 779 g/mol. The van der Waals surface area contributed by atoms with Gasteiger partial charge in [-0.3, -0.25) is 14.4 Å². The Balaban J connectivity index is 4.24. The number of ether oxygens (including phenoxy) is 3. The van der Waals surface area contributed by atoms with Crippen LogP contribution in [0.1, 0.15) is 278 Å². The fourth-order valence-electron chi connectivity index (χ4n) is 7.38. The minimum Gasteiger partial charge on any atom is -0.462 e. The van der Waals surface area contributed by atoms with Crippen molar-refractivity contribution < 1.29 is 28.6 Å². The molecule has 0 aliphatic rings. The number of hydrogen-bond acceptors (Lipinski definition) is 6. The Hall–Kier alpha value is -1.59. The highest BCUT2D eigenvalue weighted by molar-refractivity contribution is 5.71. The Bertz CT molecular complexity index is 813. The van der Waals surface area contributed by atoms with Crippen LogP contribution in [0, 0.1) is 0 Å². The van der Waals surface area contributed by atoms with Gasteiger partial charge in [0.05, 0.1) is 0 Å². The molecule has 0 aliphatic carbocycles. The summed E-state index contributed by atoms with van der Waals surface area (Å²) in [6, 6.07) is 0. The fraction of sp³-hybridized carbons (Fsp3) is 0.939. The number of carbonyl (C=O) groups excluding carboxylic acids is 3. The maximum Gasteiger partial charge on any atom is 0.306 e. The first-order valence-electron chi connectivity index (χ1n) is 24.5. The van der Waals surface area contributed by atoms with Gasteiger partial charge in [-0.2, -0.15) is 0 Å². The van der Waals surface area contributed by atoms with Crippen LogP contribution in [-0.4, -0.2) is 37.2 Å². The molecule has 0 heterocycles. The average Bonchev–Trinajstić information content (AvgIpc) is 3.18. The monoisotopic (exact) mass is 779 g/mol. The summed E-state index contributed by atoms with van der Waals surface area (Å²) in [6.07, 6.45) is 46.6. The minimum absolute atomic E-state index is 0.0624. The molecule has 0 saturated heterocycles. The van der Waals surface area contributed by atoms with Crippen LogP contribution >= 0.6 is 0 Å². The minimum atomic E-state index is -0.758. The quantitative estimate of drug-likeness (QED) is 0.0348. The van der Waals surface area contributed by atoms with Crippen LogP contribution in [0.15, 0.2) is 0 Å². The van der Waals surface area contributed by atoms with Gasteiger partial charge >= 0.3 is 17.9 Å². The van der Waals surface area contributed by atoms with Gasteiger partial charge in [-0.1, -0.05) is 239 Å². The van der Waals surface area contributed by atoms with E-state index in [0.29, 0.717) is 19.3 Å². The molecule has 0 radical (unpaired) electrons. The molecule has 0 aromatic carbocycles. The molecule has 0 rings (SSSR count). The van der Waals surface area contributed by atoms with E-state index in [4.69, 9.17) is 14.2 Å². The van der Waals surface area contributed by atoms with Crippen molar-refractivity contribution in [3.8, 4) is 0 Å². The van der Waals surface area contributed by atoms with Crippen LogP contribution < -0.4 is 0 Å². The molecular formula is C49H94O6. The van der Waals surface area contributed by atoms with E-state index in [1.807, 2.05) is 0 Å². The van der Waals surface area contributed by atoms with E-state index in [2.05, 4.69) is 20.8 Å². The lowest BCUT2D eigenvalue weighted by atomic mass is 10.0. The second kappa shape index (κ2) is 45.1. The highest BCUT2D eigenvalue weighted by Gasteiger charge is 2.19. The Morgan fingerprint density at radius 1 is 0.291 bits per heavy atom. The summed E-state index contributed by atoms with van der Waals surface area (Å²) in [5, 5.41) is 0. The Kier molecular flexibility index (Phi) is 43.8. The Morgan fingerprint density at radius 3 is 0.727 bits per heavy atom. The molecule has 0 saturated carbocycles. The van der Waals surface area contributed by atoms with Crippen molar-refractivity contribution in [2.45, 2.75) is 284 Å². The third-order valence-electron chi connectivity index (χ3n) is 11.1. The van der Waals surface area contributed by atoms with Crippen molar-refractivity contribution in [1.29, 1.82) is 0 Å². The van der Waals surface area contributed by atoms with Crippen LogP contribution in [0.3, 0.4) is 0 Å². The lowest BCUT2D eigenvalue weighted by molar-refractivity contribution is -0.167. The highest BCUT2D eigenvalue weighted by Crippen LogP contribution is 2.16. The lowest BCUT2D eigenvalue weighted by Gasteiger charge is -2.18. The molecule has 0 N–H and O–H groups in total. The lowest BCUT2D eigenvalue weighted by Crippen LogP contribution is -2.30. The zero-order chi connectivity index (χ0) is 40.1. The maximum absolute atomic E-state index is 12.7. The van der Waals surface area contributed by atoms with Crippen molar-refractivity contribution >= 4 is 17.9 Å². The van der Waals surface area contributed by atoms with Crippen LogP contribution in [0.25, 0.3) is 0 Å². The van der Waals surface area contributed by atoms with Gasteiger partial charge in [0, 0.05) is 19.3 Å². The second-order valence-corrected chi connectivity index (χ2v) is 16.7. The fourth-order valence-corrected chi connectivity index (χ4v) is 7.38. The van der Waals surface area contributed by atoms with Gasteiger partial charge in [0.1, 0.15) is 13.2 Å². The van der Waals surface area contributed by atoms with Crippen LogP contribution in [-0.2, 0) is 28.6 Å². The zero-order valence-corrected chi connectivity index (χ0v) is 37.2. The van der Waals surface area contributed by atoms with Crippen molar-refractivity contribution in [3.05, 3.63) is 0 Å². The van der Waals surface area contributed by atoms with E-state index in [1.54, 1.807) is 0 Å². The first-order chi connectivity index (χ1) is 27.0. The largest absolute Gasteiger partial charge is 0.462 e. The van der Waals surface area contributed by atoms with Crippen molar-refractivity contribution in [1.82, 2.24) is 0 Å².